The number of rotatable bonds is 4. The van der Waals surface area contributed by atoms with E-state index in [0.717, 1.165) is 11.3 Å². The van der Waals surface area contributed by atoms with E-state index in [9.17, 15) is 4.39 Å². The molecular weight excluding hydrogens is 279 g/mol. The van der Waals surface area contributed by atoms with Gasteiger partial charge in [0.2, 0.25) is 0 Å². The Morgan fingerprint density at radius 3 is 2.14 bits per heavy atom. The van der Waals surface area contributed by atoms with Crippen LogP contribution in [0.15, 0.2) is 72.8 Å². The van der Waals surface area contributed by atoms with Gasteiger partial charge in [-0.25, -0.2) is 4.39 Å². The second kappa shape index (κ2) is 6.31. The van der Waals surface area contributed by atoms with E-state index < -0.39 is 5.82 Å². The van der Waals surface area contributed by atoms with E-state index in [0.29, 0.717) is 11.3 Å². The van der Waals surface area contributed by atoms with Crippen molar-refractivity contribution in [3.05, 3.63) is 78.6 Å². The van der Waals surface area contributed by atoms with E-state index in [1.54, 1.807) is 25.3 Å². The van der Waals surface area contributed by atoms with Crippen LogP contribution in [0.5, 0.6) is 17.2 Å². The van der Waals surface area contributed by atoms with Crippen LogP contribution in [-0.4, -0.2) is 7.11 Å². The topological polar surface area (TPSA) is 18.5 Å². The molecule has 0 fully saturated rings. The maximum atomic E-state index is 14.2. The van der Waals surface area contributed by atoms with Gasteiger partial charge in [0.1, 0.15) is 11.5 Å². The molecule has 0 bridgehead atoms. The first kappa shape index (κ1) is 14.1. The maximum absolute atomic E-state index is 14.2. The van der Waals surface area contributed by atoms with Gasteiger partial charge in [-0.3, -0.25) is 0 Å². The van der Waals surface area contributed by atoms with E-state index in [-0.39, 0.29) is 5.75 Å². The summed E-state index contributed by atoms with van der Waals surface area (Å²) in [6.45, 7) is 0. The van der Waals surface area contributed by atoms with Crippen LogP contribution < -0.4 is 9.47 Å². The molecule has 0 aromatic heterocycles. The van der Waals surface area contributed by atoms with E-state index in [4.69, 9.17) is 9.47 Å². The van der Waals surface area contributed by atoms with Gasteiger partial charge in [0.25, 0.3) is 0 Å². The molecule has 0 aliphatic carbocycles. The molecule has 0 amide bonds. The van der Waals surface area contributed by atoms with Crippen LogP contribution in [0.2, 0.25) is 0 Å². The second-order valence-electron chi connectivity index (χ2n) is 4.76. The summed E-state index contributed by atoms with van der Waals surface area (Å²) in [6, 6.07) is 21.5. The highest BCUT2D eigenvalue weighted by atomic mass is 19.1. The molecular formula is C19H15FO2. The van der Waals surface area contributed by atoms with E-state index in [1.165, 1.54) is 6.07 Å². The fourth-order valence-corrected chi connectivity index (χ4v) is 2.22. The summed E-state index contributed by atoms with van der Waals surface area (Å²) in [6.07, 6.45) is 0. The monoisotopic (exact) mass is 294 g/mol. The van der Waals surface area contributed by atoms with Crippen molar-refractivity contribution in [2.24, 2.45) is 0 Å². The Bertz CT molecular complexity index is 752. The van der Waals surface area contributed by atoms with Crippen molar-refractivity contribution in [1.29, 1.82) is 0 Å². The molecule has 2 nitrogen and oxygen atoms in total. The highest BCUT2D eigenvalue weighted by Crippen LogP contribution is 2.36. The Hall–Kier alpha value is -2.81. The molecule has 0 saturated carbocycles. The van der Waals surface area contributed by atoms with Crippen LogP contribution in [0.4, 0.5) is 4.39 Å². The standard InChI is InChI=1S/C19H15FO2/c1-21-15-12-10-14(11-13-15)17-8-5-9-18(20)19(17)22-16-6-3-2-4-7-16/h2-13H,1H3. The predicted octanol–water partition coefficient (Wildman–Crippen LogP) is 5.29. The van der Waals surface area contributed by atoms with Crippen LogP contribution in [0.3, 0.4) is 0 Å². The minimum absolute atomic E-state index is 0.221. The third-order valence-electron chi connectivity index (χ3n) is 3.33. The Kier molecular flexibility index (Phi) is 4.05. The molecule has 0 aliphatic rings. The van der Waals surface area contributed by atoms with Gasteiger partial charge in [0.05, 0.1) is 7.11 Å². The van der Waals surface area contributed by atoms with Crippen molar-refractivity contribution in [2.75, 3.05) is 7.11 Å². The van der Waals surface area contributed by atoms with Gasteiger partial charge in [-0.1, -0.05) is 42.5 Å². The highest BCUT2D eigenvalue weighted by Gasteiger charge is 2.12. The molecule has 3 aromatic rings. The molecule has 0 aliphatic heterocycles. The zero-order chi connectivity index (χ0) is 15.4. The molecule has 0 saturated heterocycles. The maximum Gasteiger partial charge on any atom is 0.170 e. The van der Waals surface area contributed by atoms with Gasteiger partial charge >= 0.3 is 0 Å². The molecule has 110 valence electrons. The quantitative estimate of drug-likeness (QED) is 0.650. The Balaban J connectivity index is 2.02. The summed E-state index contributed by atoms with van der Waals surface area (Å²) in [4.78, 5) is 0. The number of hydrogen-bond donors (Lipinski definition) is 0. The van der Waals surface area contributed by atoms with Crippen molar-refractivity contribution in [2.45, 2.75) is 0 Å². The molecule has 22 heavy (non-hydrogen) atoms. The van der Waals surface area contributed by atoms with Crippen molar-refractivity contribution < 1.29 is 13.9 Å². The zero-order valence-electron chi connectivity index (χ0n) is 12.1. The fourth-order valence-electron chi connectivity index (χ4n) is 2.22. The van der Waals surface area contributed by atoms with Gasteiger partial charge in [0.15, 0.2) is 11.6 Å². The molecule has 3 aromatic carbocycles. The first-order valence-electron chi connectivity index (χ1n) is 6.94. The van der Waals surface area contributed by atoms with E-state index >= 15 is 0 Å². The molecule has 0 N–H and O–H groups in total. The minimum Gasteiger partial charge on any atom is -0.497 e. The second-order valence-corrected chi connectivity index (χ2v) is 4.76. The van der Waals surface area contributed by atoms with Crippen molar-refractivity contribution in [3.8, 4) is 28.4 Å². The number of para-hydroxylation sites is 2. The van der Waals surface area contributed by atoms with Crippen LogP contribution in [0.25, 0.3) is 11.1 Å². The van der Waals surface area contributed by atoms with Crippen LogP contribution in [-0.2, 0) is 0 Å². The van der Waals surface area contributed by atoms with Crippen LogP contribution in [0.1, 0.15) is 0 Å². The SMILES string of the molecule is COc1ccc(-c2cccc(F)c2Oc2ccccc2)cc1. The first-order valence-corrected chi connectivity index (χ1v) is 6.94. The number of ether oxygens (including phenoxy) is 2. The van der Waals surface area contributed by atoms with E-state index in [2.05, 4.69) is 0 Å². The summed E-state index contributed by atoms with van der Waals surface area (Å²) < 4.78 is 25.1. The largest absolute Gasteiger partial charge is 0.497 e. The van der Waals surface area contributed by atoms with Crippen LogP contribution >= 0.6 is 0 Å². The summed E-state index contributed by atoms with van der Waals surface area (Å²) in [5, 5.41) is 0. The number of halogens is 1. The van der Waals surface area contributed by atoms with Crippen molar-refractivity contribution >= 4 is 0 Å². The number of benzene rings is 3. The highest BCUT2D eigenvalue weighted by molar-refractivity contribution is 5.71. The zero-order valence-corrected chi connectivity index (χ0v) is 12.1. The molecule has 0 heterocycles. The Morgan fingerprint density at radius 1 is 0.727 bits per heavy atom. The molecule has 3 rings (SSSR count). The lowest BCUT2D eigenvalue weighted by atomic mass is 10.0. The summed E-state index contributed by atoms with van der Waals surface area (Å²) in [5.41, 5.74) is 1.57. The number of hydrogen-bond acceptors (Lipinski definition) is 2. The summed E-state index contributed by atoms with van der Waals surface area (Å²) >= 11 is 0. The Morgan fingerprint density at radius 2 is 1.45 bits per heavy atom. The van der Waals surface area contributed by atoms with Crippen LogP contribution in [0, 0.1) is 5.82 Å². The minimum atomic E-state index is -0.392. The fraction of sp³-hybridized carbons (Fsp3) is 0.0526. The summed E-state index contributed by atoms with van der Waals surface area (Å²) in [5.74, 6) is 1.18. The number of methoxy groups -OCH3 is 1. The van der Waals surface area contributed by atoms with E-state index in [1.807, 2.05) is 48.5 Å². The average Bonchev–Trinajstić information content (AvgIpc) is 2.58. The van der Waals surface area contributed by atoms with Gasteiger partial charge in [-0.05, 0) is 35.9 Å². The molecule has 3 heteroatoms. The lowest BCUT2D eigenvalue weighted by molar-refractivity contribution is 0.415. The summed E-state index contributed by atoms with van der Waals surface area (Å²) in [7, 11) is 1.61. The van der Waals surface area contributed by atoms with Gasteiger partial charge in [0, 0.05) is 5.56 Å². The molecule has 0 unspecified atom stereocenters. The molecule has 0 radical (unpaired) electrons. The van der Waals surface area contributed by atoms with Crippen molar-refractivity contribution in [3.63, 3.8) is 0 Å². The smallest absolute Gasteiger partial charge is 0.170 e. The molecule has 0 atom stereocenters. The Labute approximate surface area is 128 Å². The molecule has 0 spiro atoms. The van der Waals surface area contributed by atoms with Crippen molar-refractivity contribution in [1.82, 2.24) is 0 Å². The lowest BCUT2D eigenvalue weighted by Gasteiger charge is -2.12. The van der Waals surface area contributed by atoms with Gasteiger partial charge in [-0.15, -0.1) is 0 Å². The lowest BCUT2D eigenvalue weighted by Crippen LogP contribution is -1.92. The first-order chi connectivity index (χ1) is 10.8. The third kappa shape index (κ3) is 2.93. The normalized spacial score (nSPS) is 10.3. The van der Waals surface area contributed by atoms with Gasteiger partial charge in [-0.2, -0.15) is 0 Å². The predicted molar refractivity (Wildman–Crippen MR) is 84.9 cm³/mol. The third-order valence-corrected chi connectivity index (χ3v) is 3.33. The van der Waals surface area contributed by atoms with Gasteiger partial charge < -0.3 is 9.47 Å². The average molecular weight is 294 g/mol.